The third-order valence-electron chi connectivity index (χ3n) is 6.48. The zero-order valence-corrected chi connectivity index (χ0v) is 22.1. The number of hydrogen-bond donors (Lipinski definition) is 3. The quantitative estimate of drug-likeness (QED) is 0.287. The monoisotopic (exact) mass is 532 g/mol. The van der Waals surface area contributed by atoms with Gasteiger partial charge in [-0.1, -0.05) is 0 Å². The van der Waals surface area contributed by atoms with Crippen LogP contribution in [0, 0.1) is 0 Å². The Morgan fingerprint density at radius 1 is 1.13 bits per heavy atom. The lowest BCUT2D eigenvalue weighted by Gasteiger charge is -2.36. The van der Waals surface area contributed by atoms with Crippen LogP contribution < -0.4 is 15.8 Å². The van der Waals surface area contributed by atoms with Crippen molar-refractivity contribution in [2.75, 3.05) is 37.0 Å². The number of aromatic amines is 2. The molecule has 12 heteroatoms. The number of rotatable bonds is 7. The van der Waals surface area contributed by atoms with Crippen LogP contribution in [0.25, 0.3) is 32.8 Å². The molecule has 3 atom stereocenters. The van der Waals surface area contributed by atoms with Gasteiger partial charge in [-0.15, -0.1) is 11.3 Å². The minimum atomic E-state index is -0.383. The van der Waals surface area contributed by atoms with E-state index in [1.807, 2.05) is 23.6 Å². The zero-order valence-electron chi connectivity index (χ0n) is 21.3. The van der Waals surface area contributed by atoms with Crippen LogP contribution in [0.3, 0.4) is 0 Å². The van der Waals surface area contributed by atoms with Gasteiger partial charge in [-0.25, -0.2) is 19.9 Å². The lowest BCUT2D eigenvalue weighted by Crippen LogP contribution is -2.45. The van der Waals surface area contributed by atoms with Gasteiger partial charge in [0.2, 0.25) is 0 Å². The summed E-state index contributed by atoms with van der Waals surface area (Å²) in [5.74, 6) is 1.83. The summed E-state index contributed by atoms with van der Waals surface area (Å²) in [5, 5.41) is 5.43. The van der Waals surface area contributed by atoms with Crippen molar-refractivity contribution >= 4 is 44.2 Å². The van der Waals surface area contributed by atoms with Gasteiger partial charge in [-0.3, -0.25) is 4.79 Å². The Kier molecular flexibility index (Phi) is 6.52. The number of H-pyrrole nitrogens is 2. The molecule has 6 heterocycles. The third kappa shape index (κ3) is 4.62. The third-order valence-corrected chi connectivity index (χ3v) is 7.41. The van der Waals surface area contributed by atoms with E-state index in [0.717, 1.165) is 34.6 Å². The van der Waals surface area contributed by atoms with E-state index >= 15 is 0 Å². The van der Waals surface area contributed by atoms with Gasteiger partial charge in [0.05, 0.1) is 40.2 Å². The largest absolute Gasteiger partial charge is 0.382 e. The molecular weight excluding hydrogens is 504 g/mol. The predicted octanol–water partition coefficient (Wildman–Crippen LogP) is 3.73. The van der Waals surface area contributed by atoms with Crippen molar-refractivity contribution in [1.82, 2.24) is 29.9 Å². The Morgan fingerprint density at radius 2 is 1.92 bits per heavy atom. The van der Waals surface area contributed by atoms with Gasteiger partial charge in [0.15, 0.2) is 11.5 Å². The van der Waals surface area contributed by atoms with E-state index in [0.29, 0.717) is 35.2 Å². The van der Waals surface area contributed by atoms with Crippen molar-refractivity contribution in [2.45, 2.75) is 32.1 Å². The second kappa shape index (κ2) is 10.1. The lowest BCUT2D eigenvalue weighted by molar-refractivity contribution is -0.00544. The molecule has 1 aliphatic rings. The highest BCUT2D eigenvalue weighted by molar-refractivity contribution is 7.17. The first kappa shape index (κ1) is 24.5. The topological polar surface area (TPSA) is 134 Å². The molecule has 1 fully saturated rings. The highest BCUT2D eigenvalue weighted by Crippen LogP contribution is 2.36. The van der Waals surface area contributed by atoms with Crippen molar-refractivity contribution in [2.24, 2.45) is 0 Å². The number of hydrogen-bond acceptors (Lipinski definition) is 10. The van der Waals surface area contributed by atoms with Crippen LogP contribution >= 0.6 is 11.3 Å². The van der Waals surface area contributed by atoms with E-state index in [1.165, 1.54) is 11.3 Å². The SMILES string of the molecule is COCC(Nc1c(-c2nc3nc(N4C[C@@H](C)O[C@@H](C)C4)ccc3[nH]2)c(=O)[nH]c2ccsc12)c1ncccn1. The number of nitrogens with one attached hydrogen (secondary N) is 3. The molecule has 1 saturated heterocycles. The molecule has 196 valence electrons. The fourth-order valence-corrected chi connectivity index (χ4v) is 5.80. The maximum atomic E-state index is 13.4. The molecule has 0 aromatic carbocycles. The number of nitrogens with zero attached hydrogens (tertiary/aromatic N) is 5. The van der Waals surface area contributed by atoms with Crippen LogP contribution in [0.15, 0.2) is 46.8 Å². The lowest BCUT2D eigenvalue weighted by atomic mass is 10.1. The number of thiophene rings is 1. The number of fused-ring (bicyclic) bond motifs is 2. The molecule has 3 N–H and O–H groups in total. The summed E-state index contributed by atoms with van der Waals surface area (Å²) in [5.41, 5.74) is 2.80. The zero-order chi connectivity index (χ0) is 26.2. The number of methoxy groups -OCH3 is 1. The molecule has 1 aliphatic heterocycles. The number of ether oxygens (including phenoxy) is 2. The summed E-state index contributed by atoms with van der Waals surface area (Å²) in [4.78, 5) is 40.3. The summed E-state index contributed by atoms with van der Waals surface area (Å²) in [6.45, 7) is 5.95. The standard InChI is InChI=1S/C26H28N8O3S/c1-14-11-34(12-15(2)37-14)19-6-5-17-24(32-19)33-25(30-17)20-21(22-16(7-10-38-22)31-26(20)35)29-18(13-36-3)23-27-8-4-9-28-23/h4-10,14-15,18H,11-13H2,1-3H3,(H2,29,31,35)(H,30,32,33)/t14-,15+,18?. The Bertz CT molecular complexity index is 1620. The van der Waals surface area contributed by atoms with Crippen molar-refractivity contribution in [1.29, 1.82) is 0 Å². The summed E-state index contributed by atoms with van der Waals surface area (Å²) in [7, 11) is 1.62. The predicted molar refractivity (Wildman–Crippen MR) is 148 cm³/mol. The first-order chi connectivity index (χ1) is 18.5. The minimum absolute atomic E-state index is 0.115. The minimum Gasteiger partial charge on any atom is -0.382 e. The van der Waals surface area contributed by atoms with Crippen molar-refractivity contribution in [3.8, 4) is 11.4 Å². The second-order valence-electron chi connectivity index (χ2n) is 9.42. The molecule has 5 aromatic heterocycles. The van der Waals surface area contributed by atoms with Gasteiger partial charge >= 0.3 is 0 Å². The van der Waals surface area contributed by atoms with Gasteiger partial charge in [0.25, 0.3) is 5.56 Å². The number of anilines is 2. The van der Waals surface area contributed by atoms with Crippen molar-refractivity contribution in [3.05, 3.63) is 58.2 Å². The van der Waals surface area contributed by atoms with E-state index in [1.54, 1.807) is 25.6 Å². The Morgan fingerprint density at radius 3 is 2.68 bits per heavy atom. The molecule has 6 rings (SSSR count). The Hall–Kier alpha value is -3.87. The van der Waals surface area contributed by atoms with Crippen molar-refractivity contribution in [3.63, 3.8) is 0 Å². The van der Waals surface area contributed by atoms with Crippen LogP contribution in [0.4, 0.5) is 11.5 Å². The highest BCUT2D eigenvalue weighted by atomic mass is 32.1. The molecule has 0 amide bonds. The summed E-state index contributed by atoms with van der Waals surface area (Å²) >= 11 is 1.53. The maximum absolute atomic E-state index is 13.4. The molecule has 0 aliphatic carbocycles. The number of imidazole rings is 1. The smallest absolute Gasteiger partial charge is 0.261 e. The van der Waals surface area contributed by atoms with E-state index in [2.05, 4.69) is 44.0 Å². The van der Waals surface area contributed by atoms with Gasteiger partial charge in [0.1, 0.15) is 23.2 Å². The molecule has 0 bridgehead atoms. The van der Waals surface area contributed by atoms with Gasteiger partial charge in [-0.05, 0) is 43.5 Å². The molecular formula is C26H28N8O3S. The normalized spacial score (nSPS) is 18.8. The number of pyridine rings is 2. The fourth-order valence-electron chi connectivity index (χ4n) is 4.93. The summed E-state index contributed by atoms with van der Waals surface area (Å²) in [6.07, 6.45) is 3.60. The molecule has 0 spiro atoms. The van der Waals surface area contributed by atoms with E-state index in [4.69, 9.17) is 19.4 Å². The second-order valence-corrected chi connectivity index (χ2v) is 10.3. The van der Waals surface area contributed by atoms with E-state index in [-0.39, 0.29) is 23.8 Å². The van der Waals surface area contributed by atoms with Crippen LogP contribution in [-0.4, -0.2) is 68.9 Å². The first-order valence-corrected chi connectivity index (χ1v) is 13.3. The number of aromatic nitrogens is 6. The molecule has 38 heavy (non-hydrogen) atoms. The molecule has 5 aromatic rings. The maximum Gasteiger partial charge on any atom is 0.261 e. The van der Waals surface area contributed by atoms with E-state index in [9.17, 15) is 4.79 Å². The van der Waals surface area contributed by atoms with Gasteiger partial charge < -0.3 is 29.7 Å². The summed E-state index contributed by atoms with van der Waals surface area (Å²) < 4.78 is 12.2. The average molecular weight is 533 g/mol. The van der Waals surface area contributed by atoms with Crippen LogP contribution in [0.5, 0.6) is 0 Å². The highest BCUT2D eigenvalue weighted by Gasteiger charge is 2.25. The van der Waals surface area contributed by atoms with Crippen molar-refractivity contribution < 1.29 is 9.47 Å². The van der Waals surface area contributed by atoms with Crippen LogP contribution in [0.2, 0.25) is 0 Å². The Labute approximate surface area is 222 Å². The van der Waals surface area contributed by atoms with Crippen LogP contribution in [0.1, 0.15) is 25.7 Å². The fraction of sp³-hybridized carbons (Fsp3) is 0.346. The molecule has 11 nitrogen and oxygen atoms in total. The van der Waals surface area contributed by atoms with Crippen LogP contribution in [-0.2, 0) is 9.47 Å². The first-order valence-electron chi connectivity index (χ1n) is 12.4. The summed E-state index contributed by atoms with van der Waals surface area (Å²) in [6, 6.07) is 7.19. The van der Waals surface area contributed by atoms with Gasteiger partial charge in [0, 0.05) is 32.6 Å². The molecule has 1 unspecified atom stereocenters. The number of morpholine rings is 1. The molecule has 0 saturated carbocycles. The molecule has 0 radical (unpaired) electrons. The van der Waals surface area contributed by atoms with E-state index < -0.39 is 0 Å². The Balaban J connectivity index is 1.44. The van der Waals surface area contributed by atoms with Gasteiger partial charge in [-0.2, -0.15) is 0 Å². The average Bonchev–Trinajstić information content (AvgIpc) is 3.54.